The summed E-state index contributed by atoms with van der Waals surface area (Å²) in [7, 11) is 1.67. The summed E-state index contributed by atoms with van der Waals surface area (Å²) in [5.74, 6) is 1.11. The molecule has 1 aliphatic heterocycles. The highest BCUT2D eigenvalue weighted by molar-refractivity contribution is 5.26. The van der Waals surface area contributed by atoms with Crippen molar-refractivity contribution in [2.75, 3.05) is 20.3 Å². The Hall–Kier alpha value is -1.45. The summed E-state index contributed by atoms with van der Waals surface area (Å²) >= 11 is 0. The first-order valence-electron chi connectivity index (χ1n) is 6.92. The molecule has 1 aromatic rings. The predicted octanol–water partition coefficient (Wildman–Crippen LogP) is 1.98. The number of nitriles is 1. The number of methoxy groups -OCH3 is 1. The average Bonchev–Trinajstić information content (AvgIpc) is 2.80. The molecule has 0 aromatic carbocycles. The first-order chi connectivity index (χ1) is 9.55. The van der Waals surface area contributed by atoms with E-state index in [0.29, 0.717) is 24.9 Å². The Morgan fingerprint density at radius 2 is 2.05 bits per heavy atom. The molecule has 0 bridgehead atoms. The van der Waals surface area contributed by atoms with Crippen molar-refractivity contribution in [1.82, 2.24) is 10.1 Å². The van der Waals surface area contributed by atoms with Crippen molar-refractivity contribution in [2.45, 2.75) is 38.2 Å². The highest BCUT2D eigenvalue weighted by Gasteiger charge is 2.62. The zero-order valence-electron chi connectivity index (χ0n) is 12.0. The molecular formula is C14H19N3O3. The topological polar surface area (TPSA) is 81.2 Å². The summed E-state index contributed by atoms with van der Waals surface area (Å²) in [5, 5.41) is 13.2. The number of rotatable bonds is 3. The fourth-order valence-corrected chi connectivity index (χ4v) is 3.11. The van der Waals surface area contributed by atoms with Crippen LogP contribution in [-0.4, -0.2) is 30.5 Å². The molecule has 1 saturated heterocycles. The quantitative estimate of drug-likeness (QED) is 0.840. The standard InChI is InChI=1S/C14H19N3O3/c1-13(2)9(8-15)10(13)11-16-12(17-20-11)14(18-3)4-6-19-7-5-14/h9-10H,4-7H2,1-3H3. The summed E-state index contributed by atoms with van der Waals surface area (Å²) in [6.45, 7) is 5.37. The molecule has 1 aromatic heterocycles. The zero-order valence-corrected chi connectivity index (χ0v) is 12.0. The minimum absolute atomic E-state index is 0.0301. The van der Waals surface area contributed by atoms with Gasteiger partial charge < -0.3 is 14.0 Å². The Kier molecular flexibility index (Phi) is 3.07. The normalized spacial score (nSPS) is 30.7. The van der Waals surface area contributed by atoms with Crippen molar-refractivity contribution in [1.29, 1.82) is 5.26 Å². The molecule has 2 fully saturated rings. The van der Waals surface area contributed by atoms with E-state index in [2.05, 4.69) is 30.1 Å². The van der Waals surface area contributed by atoms with Crippen molar-refractivity contribution >= 4 is 0 Å². The van der Waals surface area contributed by atoms with Crippen molar-refractivity contribution < 1.29 is 14.0 Å². The van der Waals surface area contributed by atoms with Crippen LogP contribution in [0.4, 0.5) is 0 Å². The van der Waals surface area contributed by atoms with E-state index < -0.39 is 5.60 Å². The summed E-state index contributed by atoms with van der Waals surface area (Å²) in [4.78, 5) is 4.52. The van der Waals surface area contributed by atoms with Crippen molar-refractivity contribution in [2.24, 2.45) is 11.3 Å². The second-order valence-electron chi connectivity index (χ2n) is 6.17. The molecule has 108 valence electrons. The molecule has 2 aliphatic rings. The van der Waals surface area contributed by atoms with Gasteiger partial charge in [0.05, 0.1) is 17.9 Å². The van der Waals surface area contributed by atoms with Gasteiger partial charge >= 0.3 is 0 Å². The van der Waals surface area contributed by atoms with Crippen LogP contribution >= 0.6 is 0 Å². The highest BCUT2D eigenvalue weighted by Crippen LogP contribution is 2.63. The first-order valence-corrected chi connectivity index (χ1v) is 6.92. The minimum Gasteiger partial charge on any atom is -0.381 e. The van der Waals surface area contributed by atoms with E-state index in [1.807, 2.05) is 0 Å². The molecule has 1 aliphatic carbocycles. The van der Waals surface area contributed by atoms with Crippen LogP contribution in [0.5, 0.6) is 0 Å². The maximum absolute atomic E-state index is 9.14. The molecule has 6 heteroatoms. The highest BCUT2D eigenvalue weighted by atomic mass is 16.5. The van der Waals surface area contributed by atoms with Gasteiger partial charge in [-0.15, -0.1) is 0 Å². The maximum Gasteiger partial charge on any atom is 0.231 e. The summed E-state index contributed by atoms with van der Waals surface area (Å²) in [6.07, 6.45) is 1.44. The molecule has 2 heterocycles. The van der Waals surface area contributed by atoms with E-state index in [-0.39, 0.29) is 17.3 Å². The Balaban J connectivity index is 1.86. The summed E-state index contributed by atoms with van der Waals surface area (Å²) < 4.78 is 16.4. The smallest absolute Gasteiger partial charge is 0.231 e. The molecule has 0 radical (unpaired) electrons. The Morgan fingerprint density at radius 1 is 1.35 bits per heavy atom. The lowest BCUT2D eigenvalue weighted by molar-refractivity contribution is -0.101. The molecule has 1 saturated carbocycles. The van der Waals surface area contributed by atoms with Crippen LogP contribution in [0.1, 0.15) is 44.3 Å². The fourth-order valence-electron chi connectivity index (χ4n) is 3.11. The van der Waals surface area contributed by atoms with Crippen LogP contribution in [-0.2, 0) is 15.1 Å². The number of hydrogen-bond acceptors (Lipinski definition) is 6. The van der Waals surface area contributed by atoms with E-state index in [0.717, 1.165) is 12.8 Å². The molecule has 3 rings (SSSR count). The van der Waals surface area contributed by atoms with E-state index in [9.17, 15) is 0 Å². The second-order valence-corrected chi connectivity index (χ2v) is 6.17. The lowest BCUT2D eigenvalue weighted by Crippen LogP contribution is -2.36. The van der Waals surface area contributed by atoms with Gasteiger partial charge in [0.25, 0.3) is 0 Å². The van der Waals surface area contributed by atoms with Gasteiger partial charge in [0.1, 0.15) is 5.60 Å². The number of ether oxygens (including phenoxy) is 2. The number of hydrogen-bond donors (Lipinski definition) is 0. The number of aromatic nitrogens is 2. The van der Waals surface area contributed by atoms with Gasteiger partial charge in [0.2, 0.25) is 11.7 Å². The molecular weight excluding hydrogens is 258 g/mol. The lowest BCUT2D eigenvalue weighted by Gasteiger charge is -2.32. The molecule has 0 N–H and O–H groups in total. The van der Waals surface area contributed by atoms with Crippen molar-refractivity contribution in [3.05, 3.63) is 11.7 Å². The van der Waals surface area contributed by atoms with Gasteiger partial charge in [-0.2, -0.15) is 10.2 Å². The molecule has 0 amide bonds. The number of nitrogens with zero attached hydrogens (tertiary/aromatic N) is 3. The van der Waals surface area contributed by atoms with E-state index in [4.69, 9.17) is 19.3 Å². The van der Waals surface area contributed by atoms with Gasteiger partial charge in [-0.1, -0.05) is 19.0 Å². The van der Waals surface area contributed by atoms with Crippen LogP contribution in [0.2, 0.25) is 0 Å². The van der Waals surface area contributed by atoms with Gasteiger partial charge in [-0.05, 0) is 5.41 Å². The fraction of sp³-hybridized carbons (Fsp3) is 0.786. The van der Waals surface area contributed by atoms with Crippen LogP contribution in [0.15, 0.2) is 4.52 Å². The molecule has 6 nitrogen and oxygen atoms in total. The molecule has 2 unspecified atom stereocenters. The third kappa shape index (κ3) is 1.85. The van der Waals surface area contributed by atoms with Crippen LogP contribution < -0.4 is 0 Å². The first kappa shape index (κ1) is 13.5. The maximum atomic E-state index is 9.14. The van der Waals surface area contributed by atoms with E-state index in [1.165, 1.54) is 0 Å². The molecule has 2 atom stereocenters. The van der Waals surface area contributed by atoms with Gasteiger partial charge in [0.15, 0.2) is 0 Å². The van der Waals surface area contributed by atoms with E-state index >= 15 is 0 Å². The third-order valence-corrected chi connectivity index (χ3v) is 4.77. The Bertz CT molecular complexity index is 540. The van der Waals surface area contributed by atoms with Gasteiger partial charge in [-0.3, -0.25) is 0 Å². The van der Waals surface area contributed by atoms with Gasteiger partial charge in [0, 0.05) is 33.2 Å². The zero-order chi connectivity index (χ0) is 14.4. The SMILES string of the molecule is COC1(c2noc(C3C(C#N)C3(C)C)n2)CCOCC1. The lowest BCUT2D eigenvalue weighted by atomic mass is 9.93. The molecule has 20 heavy (non-hydrogen) atoms. The average molecular weight is 277 g/mol. The van der Waals surface area contributed by atoms with Crippen LogP contribution in [0, 0.1) is 22.7 Å². The largest absolute Gasteiger partial charge is 0.381 e. The van der Waals surface area contributed by atoms with E-state index in [1.54, 1.807) is 7.11 Å². The predicted molar refractivity (Wildman–Crippen MR) is 68.7 cm³/mol. The Labute approximate surface area is 118 Å². The monoisotopic (exact) mass is 277 g/mol. The van der Waals surface area contributed by atoms with Crippen molar-refractivity contribution in [3.8, 4) is 6.07 Å². The van der Waals surface area contributed by atoms with Gasteiger partial charge in [-0.25, -0.2) is 0 Å². The third-order valence-electron chi connectivity index (χ3n) is 4.77. The minimum atomic E-state index is -0.513. The summed E-state index contributed by atoms with van der Waals surface area (Å²) in [5.41, 5.74) is -0.602. The van der Waals surface area contributed by atoms with Crippen LogP contribution in [0.3, 0.4) is 0 Å². The summed E-state index contributed by atoms with van der Waals surface area (Å²) in [6, 6.07) is 2.31. The van der Waals surface area contributed by atoms with Crippen molar-refractivity contribution in [3.63, 3.8) is 0 Å². The molecule has 0 spiro atoms. The van der Waals surface area contributed by atoms with Crippen LogP contribution in [0.25, 0.3) is 0 Å². The Morgan fingerprint density at radius 3 is 2.60 bits per heavy atom. The second kappa shape index (κ2) is 4.54.